The summed E-state index contributed by atoms with van der Waals surface area (Å²) in [5.41, 5.74) is 2.00. The third kappa shape index (κ3) is 3.10. The summed E-state index contributed by atoms with van der Waals surface area (Å²) in [7, 11) is 0. The molecule has 1 amide bonds. The number of amides is 1. The maximum Gasteiger partial charge on any atom is 0.255 e. The summed E-state index contributed by atoms with van der Waals surface area (Å²) in [6.07, 6.45) is 8.72. The Morgan fingerprint density at radius 1 is 1.04 bits per heavy atom. The van der Waals surface area contributed by atoms with E-state index in [2.05, 4.69) is 20.4 Å². The zero-order valence-electron chi connectivity index (χ0n) is 14.1. The van der Waals surface area contributed by atoms with Crippen LogP contribution in [0.1, 0.15) is 16.2 Å². The predicted octanol–water partition coefficient (Wildman–Crippen LogP) is 3.01. The number of carbonyl (C=O) groups is 1. The number of imidazole rings is 1. The van der Waals surface area contributed by atoms with E-state index < -0.39 is 0 Å². The fourth-order valence-corrected chi connectivity index (χ4v) is 2.64. The van der Waals surface area contributed by atoms with Crippen LogP contribution in [0, 0.1) is 6.92 Å². The standard InChI is InChI=1S/C19H16N6O/c1-14-20-9-11-24(14)18-7-6-16(13-21-18)23-19(26)15-4-2-5-17(12-15)25-10-3-8-22-25/h2-13H,1H3,(H,23,26). The first-order valence-electron chi connectivity index (χ1n) is 8.08. The number of carbonyl (C=O) groups excluding carboxylic acids is 1. The smallest absolute Gasteiger partial charge is 0.255 e. The summed E-state index contributed by atoms with van der Waals surface area (Å²) in [6, 6.07) is 12.8. The minimum absolute atomic E-state index is 0.202. The molecule has 0 radical (unpaired) electrons. The number of hydrogen-bond donors (Lipinski definition) is 1. The summed E-state index contributed by atoms with van der Waals surface area (Å²) in [4.78, 5) is 21.1. The summed E-state index contributed by atoms with van der Waals surface area (Å²) in [6.45, 7) is 1.91. The largest absolute Gasteiger partial charge is 0.321 e. The van der Waals surface area contributed by atoms with Gasteiger partial charge in [0.15, 0.2) is 0 Å². The molecule has 0 bridgehead atoms. The lowest BCUT2D eigenvalue weighted by molar-refractivity contribution is 0.102. The maximum absolute atomic E-state index is 12.5. The lowest BCUT2D eigenvalue weighted by atomic mass is 10.2. The Labute approximate surface area is 150 Å². The van der Waals surface area contributed by atoms with Gasteiger partial charge in [0.1, 0.15) is 11.6 Å². The van der Waals surface area contributed by atoms with Gasteiger partial charge < -0.3 is 5.32 Å². The van der Waals surface area contributed by atoms with Gasteiger partial charge >= 0.3 is 0 Å². The van der Waals surface area contributed by atoms with Crippen LogP contribution in [0.3, 0.4) is 0 Å². The lowest BCUT2D eigenvalue weighted by Crippen LogP contribution is -2.13. The van der Waals surface area contributed by atoms with E-state index in [1.165, 1.54) is 0 Å². The first-order chi connectivity index (χ1) is 12.7. The van der Waals surface area contributed by atoms with Gasteiger partial charge in [0.2, 0.25) is 0 Å². The molecule has 0 saturated carbocycles. The van der Waals surface area contributed by atoms with Crippen molar-refractivity contribution in [3.8, 4) is 11.5 Å². The first kappa shape index (κ1) is 15.8. The lowest BCUT2D eigenvalue weighted by Gasteiger charge is -2.08. The van der Waals surface area contributed by atoms with Crippen molar-refractivity contribution in [1.82, 2.24) is 24.3 Å². The van der Waals surface area contributed by atoms with Crippen LogP contribution in [0.25, 0.3) is 11.5 Å². The molecule has 3 aromatic heterocycles. The Bertz CT molecular complexity index is 1030. The van der Waals surface area contributed by atoms with Crippen LogP contribution < -0.4 is 5.32 Å². The number of hydrogen-bond acceptors (Lipinski definition) is 4. The van der Waals surface area contributed by atoms with Crippen molar-refractivity contribution >= 4 is 11.6 Å². The monoisotopic (exact) mass is 344 g/mol. The molecule has 0 aliphatic carbocycles. The van der Waals surface area contributed by atoms with Gasteiger partial charge in [-0.1, -0.05) is 6.07 Å². The van der Waals surface area contributed by atoms with E-state index in [1.807, 2.05) is 54.2 Å². The molecule has 7 heteroatoms. The second-order valence-corrected chi connectivity index (χ2v) is 5.70. The van der Waals surface area contributed by atoms with Crippen LogP contribution in [-0.4, -0.2) is 30.2 Å². The summed E-state index contributed by atoms with van der Waals surface area (Å²) in [5.74, 6) is 1.40. The Morgan fingerprint density at radius 3 is 2.65 bits per heavy atom. The van der Waals surface area contributed by atoms with Gasteiger partial charge in [0.25, 0.3) is 5.91 Å². The molecule has 4 aromatic rings. The predicted molar refractivity (Wildman–Crippen MR) is 97.6 cm³/mol. The molecule has 0 spiro atoms. The highest BCUT2D eigenvalue weighted by atomic mass is 16.1. The number of rotatable bonds is 4. The van der Waals surface area contributed by atoms with Crippen LogP contribution >= 0.6 is 0 Å². The summed E-state index contributed by atoms with van der Waals surface area (Å²) < 4.78 is 3.58. The molecule has 128 valence electrons. The molecule has 0 aliphatic heterocycles. The van der Waals surface area contributed by atoms with Gasteiger partial charge in [-0.3, -0.25) is 9.36 Å². The molecule has 1 aromatic carbocycles. The molecule has 0 fully saturated rings. The van der Waals surface area contributed by atoms with E-state index in [9.17, 15) is 4.79 Å². The van der Waals surface area contributed by atoms with Crippen molar-refractivity contribution in [1.29, 1.82) is 0 Å². The van der Waals surface area contributed by atoms with E-state index >= 15 is 0 Å². The molecule has 0 saturated heterocycles. The number of anilines is 1. The number of benzene rings is 1. The second kappa shape index (κ2) is 6.64. The molecule has 7 nitrogen and oxygen atoms in total. The number of aryl methyl sites for hydroxylation is 1. The van der Waals surface area contributed by atoms with Crippen LogP contribution in [0.5, 0.6) is 0 Å². The van der Waals surface area contributed by atoms with Gasteiger partial charge in [-0.2, -0.15) is 5.10 Å². The van der Waals surface area contributed by atoms with E-state index in [1.54, 1.807) is 35.4 Å². The molecule has 1 N–H and O–H groups in total. The van der Waals surface area contributed by atoms with Gasteiger partial charge in [-0.05, 0) is 43.3 Å². The number of nitrogens with zero attached hydrogens (tertiary/aromatic N) is 5. The van der Waals surface area contributed by atoms with Crippen LogP contribution in [-0.2, 0) is 0 Å². The van der Waals surface area contributed by atoms with Crippen LogP contribution in [0.4, 0.5) is 5.69 Å². The average molecular weight is 344 g/mol. The fraction of sp³-hybridized carbons (Fsp3) is 0.0526. The zero-order chi connectivity index (χ0) is 17.9. The third-order valence-electron chi connectivity index (χ3n) is 3.96. The average Bonchev–Trinajstić information content (AvgIpc) is 3.34. The van der Waals surface area contributed by atoms with Crippen molar-refractivity contribution < 1.29 is 4.79 Å². The fourth-order valence-electron chi connectivity index (χ4n) is 2.64. The molecule has 0 atom stereocenters. The van der Waals surface area contributed by atoms with Gasteiger partial charge in [0, 0.05) is 30.4 Å². The van der Waals surface area contributed by atoms with Crippen molar-refractivity contribution in [2.75, 3.05) is 5.32 Å². The molecule has 26 heavy (non-hydrogen) atoms. The Morgan fingerprint density at radius 2 is 1.96 bits per heavy atom. The summed E-state index contributed by atoms with van der Waals surface area (Å²) in [5, 5.41) is 7.04. The zero-order valence-corrected chi connectivity index (χ0v) is 14.1. The first-order valence-corrected chi connectivity index (χ1v) is 8.08. The molecule has 4 rings (SSSR count). The van der Waals surface area contributed by atoms with Gasteiger partial charge in [-0.15, -0.1) is 0 Å². The van der Waals surface area contributed by atoms with Crippen molar-refractivity contribution in [3.05, 3.63) is 84.8 Å². The quantitative estimate of drug-likeness (QED) is 0.617. The Balaban J connectivity index is 1.52. The van der Waals surface area contributed by atoms with E-state index in [-0.39, 0.29) is 5.91 Å². The molecule has 3 heterocycles. The van der Waals surface area contributed by atoms with Crippen LogP contribution in [0.15, 0.2) is 73.4 Å². The molecule has 0 aliphatic rings. The topological polar surface area (TPSA) is 77.6 Å². The minimum atomic E-state index is -0.202. The second-order valence-electron chi connectivity index (χ2n) is 5.70. The molecule has 0 unspecified atom stereocenters. The van der Waals surface area contributed by atoms with Crippen molar-refractivity contribution in [2.24, 2.45) is 0 Å². The van der Waals surface area contributed by atoms with Gasteiger partial charge in [0.05, 0.1) is 17.6 Å². The number of nitrogens with one attached hydrogen (secondary N) is 1. The Kier molecular flexibility index (Phi) is 4.03. The highest BCUT2D eigenvalue weighted by molar-refractivity contribution is 6.04. The Hall–Kier alpha value is -3.74. The normalized spacial score (nSPS) is 10.7. The maximum atomic E-state index is 12.5. The minimum Gasteiger partial charge on any atom is -0.321 e. The van der Waals surface area contributed by atoms with Crippen LogP contribution in [0.2, 0.25) is 0 Å². The van der Waals surface area contributed by atoms with E-state index in [0.29, 0.717) is 11.3 Å². The highest BCUT2D eigenvalue weighted by Gasteiger charge is 2.09. The summed E-state index contributed by atoms with van der Waals surface area (Å²) >= 11 is 0. The molecular formula is C19H16N6O. The van der Waals surface area contributed by atoms with E-state index in [0.717, 1.165) is 17.3 Å². The number of pyridine rings is 1. The van der Waals surface area contributed by atoms with Crippen molar-refractivity contribution in [2.45, 2.75) is 6.92 Å². The number of aromatic nitrogens is 5. The molecular weight excluding hydrogens is 328 g/mol. The third-order valence-corrected chi connectivity index (χ3v) is 3.96. The van der Waals surface area contributed by atoms with E-state index in [4.69, 9.17) is 0 Å². The highest BCUT2D eigenvalue weighted by Crippen LogP contribution is 2.14. The van der Waals surface area contributed by atoms with Gasteiger partial charge in [-0.25, -0.2) is 14.6 Å². The van der Waals surface area contributed by atoms with Crippen molar-refractivity contribution in [3.63, 3.8) is 0 Å². The SMILES string of the molecule is Cc1nccn1-c1ccc(NC(=O)c2cccc(-n3cccn3)c2)cn1.